The maximum atomic E-state index is 12.6. The van der Waals surface area contributed by atoms with Crippen molar-refractivity contribution in [1.29, 1.82) is 0 Å². The Kier molecular flexibility index (Phi) is 5.65. The molecular weight excluding hydrogens is 432 g/mol. The molecule has 3 heterocycles. The zero-order valence-electron chi connectivity index (χ0n) is 15.5. The van der Waals surface area contributed by atoms with E-state index in [1.807, 2.05) is 31.2 Å². The lowest BCUT2D eigenvalue weighted by atomic mass is 10.1. The van der Waals surface area contributed by atoms with Gasteiger partial charge in [-0.15, -0.1) is 16.9 Å². The molecule has 9 nitrogen and oxygen atoms in total. The molecule has 2 aliphatic rings. The second-order valence-electron chi connectivity index (χ2n) is 6.35. The first-order valence-electron chi connectivity index (χ1n) is 8.53. The molecule has 1 atom stereocenters. The number of aromatic nitrogens is 4. The summed E-state index contributed by atoms with van der Waals surface area (Å²) in [5.41, 5.74) is 2.25. The van der Waals surface area contributed by atoms with Gasteiger partial charge >= 0.3 is 5.97 Å². The van der Waals surface area contributed by atoms with Crippen molar-refractivity contribution in [3.63, 3.8) is 0 Å². The minimum absolute atomic E-state index is 0.0423. The van der Waals surface area contributed by atoms with Gasteiger partial charge in [-0.2, -0.15) is 0 Å². The Morgan fingerprint density at radius 2 is 2.14 bits per heavy atom. The largest absolute Gasteiger partial charge is 0.477 e. The highest BCUT2D eigenvalue weighted by Gasteiger charge is 2.51. The Morgan fingerprint density at radius 3 is 2.79 bits per heavy atom. The number of carboxylic acid groups (broad SMARTS) is 1. The van der Waals surface area contributed by atoms with Crippen LogP contribution in [0.2, 0.25) is 0 Å². The summed E-state index contributed by atoms with van der Waals surface area (Å²) in [6.07, 6.45) is 0. The van der Waals surface area contributed by atoms with Gasteiger partial charge in [0.1, 0.15) is 16.8 Å². The molecule has 1 aromatic carbocycles. The second kappa shape index (κ2) is 8.20. The highest BCUT2D eigenvalue weighted by atomic mass is 32.2. The zero-order valence-corrected chi connectivity index (χ0v) is 17.9. The van der Waals surface area contributed by atoms with Crippen LogP contribution in [0.1, 0.15) is 5.56 Å². The van der Waals surface area contributed by atoms with E-state index in [4.69, 9.17) is 0 Å². The average molecular weight is 449 g/mol. The topological polar surface area (TPSA) is 114 Å². The lowest BCUT2D eigenvalue weighted by molar-refractivity contribution is -0.139. The summed E-state index contributed by atoms with van der Waals surface area (Å²) in [4.78, 5) is 26.8. The summed E-state index contributed by atoms with van der Waals surface area (Å²) in [5.74, 6) is -0.574. The zero-order chi connectivity index (χ0) is 20.5. The van der Waals surface area contributed by atoms with Gasteiger partial charge in [0, 0.05) is 35.4 Å². The molecule has 1 N–H and O–H groups in total. The maximum Gasteiger partial charge on any atom is 0.352 e. The van der Waals surface area contributed by atoms with Crippen LogP contribution < -0.4 is 0 Å². The Hall–Kier alpha value is -2.31. The predicted octanol–water partition coefficient (Wildman–Crippen LogP) is 2.01. The predicted molar refractivity (Wildman–Crippen MR) is 112 cm³/mol. The van der Waals surface area contributed by atoms with Crippen molar-refractivity contribution in [2.45, 2.75) is 22.3 Å². The summed E-state index contributed by atoms with van der Waals surface area (Å²) < 4.78 is 5.90. The number of rotatable bonds is 6. The van der Waals surface area contributed by atoms with Crippen LogP contribution in [0.3, 0.4) is 0 Å². The van der Waals surface area contributed by atoms with Crippen LogP contribution in [-0.2, 0) is 16.6 Å². The van der Waals surface area contributed by atoms with Gasteiger partial charge in [0.2, 0.25) is 5.16 Å². The molecule has 0 radical (unpaired) electrons. The summed E-state index contributed by atoms with van der Waals surface area (Å²) >= 11 is 4.07. The number of nitrogens with zero attached hydrogens (tertiary/aromatic N) is 6. The third-order valence-corrected chi connectivity index (χ3v) is 7.46. The van der Waals surface area contributed by atoms with E-state index >= 15 is 0 Å². The number of hydrogen-bond acceptors (Lipinski definition) is 9. The number of aliphatic carboxylic acids is 1. The fraction of sp³-hybridized carbons (Fsp3) is 0.294. The summed E-state index contributed by atoms with van der Waals surface area (Å²) in [6.45, 7) is 2.00. The summed E-state index contributed by atoms with van der Waals surface area (Å²) in [7, 11) is 1.72. The van der Waals surface area contributed by atoms with Crippen molar-refractivity contribution in [3.05, 3.63) is 41.1 Å². The van der Waals surface area contributed by atoms with Gasteiger partial charge in [-0.25, -0.2) is 13.9 Å². The van der Waals surface area contributed by atoms with E-state index in [-0.39, 0.29) is 17.0 Å². The molecule has 1 unspecified atom stereocenters. The molecule has 150 valence electrons. The number of aryl methyl sites for hydroxylation is 2. The van der Waals surface area contributed by atoms with Crippen LogP contribution in [0.25, 0.3) is 0 Å². The molecule has 4 rings (SSSR count). The number of thioether (sulfide) groups is 2. The first kappa shape index (κ1) is 20.0. The van der Waals surface area contributed by atoms with Crippen LogP contribution in [0.5, 0.6) is 0 Å². The molecule has 1 fully saturated rings. The van der Waals surface area contributed by atoms with Crippen LogP contribution in [0.4, 0.5) is 0 Å². The van der Waals surface area contributed by atoms with Crippen molar-refractivity contribution >= 4 is 53.1 Å². The molecule has 2 aliphatic heterocycles. The fourth-order valence-corrected chi connectivity index (χ4v) is 5.78. The molecule has 0 bridgehead atoms. The Bertz CT molecular complexity index is 1030. The molecule has 0 spiro atoms. The number of carboxylic acids is 1. The number of carbonyl (C=O) groups excluding carboxylic acids is 1. The molecule has 0 saturated carbocycles. The van der Waals surface area contributed by atoms with E-state index in [0.29, 0.717) is 27.9 Å². The number of benzene rings is 1. The molecular formula is C17H16N6O3S3. The lowest BCUT2D eigenvalue weighted by Gasteiger charge is -2.44. The third-order valence-electron chi connectivity index (χ3n) is 4.33. The lowest BCUT2D eigenvalue weighted by Crippen LogP contribution is -2.62. The van der Waals surface area contributed by atoms with Gasteiger partial charge in [0.25, 0.3) is 5.91 Å². The summed E-state index contributed by atoms with van der Waals surface area (Å²) in [5, 5.41) is 21.2. The summed E-state index contributed by atoms with van der Waals surface area (Å²) in [6, 6.07) is 7.85. The number of tetrazole rings is 1. The van der Waals surface area contributed by atoms with E-state index in [2.05, 4.69) is 19.9 Å². The van der Waals surface area contributed by atoms with Crippen molar-refractivity contribution < 1.29 is 14.7 Å². The molecule has 12 heteroatoms. The van der Waals surface area contributed by atoms with E-state index < -0.39 is 5.97 Å². The first-order valence-corrected chi connectivity index (χ1v) is 11.3. The van der Waals surface area contributed by atoms with E-state index in [0.717, 1.165) is 10.5 Å². The molecule has 1 amide bonds. The quantitative estimate of drug-likeness (QED) is 0.403. The minimum Gasteiger partial charge on any atom is -0.477 e. The van der Waals surface area contributed by atoms with Gasteiger partial charge in [0.15, 0.2) is 0 Å². The van der Waals surface area contributed by atoms with Crippen molar-refractivity contribution in [1.82, 2.24) is 25.1 Å². The minimum atomic E-state index is -1.11. The Labute approximate surface area is 179 Å². The number of β-lactam (4-membered cyclic amide) rings is 1. The standard InChI is InChI=1S/C17H16N6O3S3/c1-9-3-5-11(6-4-9)29-19-12-14(24)23-13(16(25)26)10(7-27-15(12)23)8-28-17-18-20-21-22(17)2/h3-6,15H,7-8H2,1-2H3,(H,25,26). The normalized spacial score (nSPS) is 20.1. The van der Waals surface area contributed by atoms with Crippen molar-refractivity contribution in [2.24, 2.45) is 11.4 Å². The van der Waals surface area contributed by atoms with Crippen LogP contribution in [0.15, 0.2) is 50.0 Å². The molecule has 0 aliphatic carbocycles. The van der Waals surface area contributed by atoms with E-state index in [9.17, 15) is 14.7 Å². The average Bonchev–Trinajstić information content (AvgIpc) is 3.11. The Morgan fingerprint density at radius 1 is 1.38 bits per heavy atom. The van der Waals surface area contributed by atoms with Gasteiger partial charge in [0.05, 0.1) is 0 Å². The number of carbonyl (C=O) groups is 2. The van der Waals surface area contributed by atoms with Gasteiger partial charge in [-0.1, -0.05) is 29.5 Å². The Balaban J connectivity index is 1.51. The molecule has 29 heavy (non-hydrogen) atoms. The third kappa shape index (κ3) is 3.91. The maximum absolute atomic E-state index is 12.6. The van der Waals surface area contributed by atoms with Crippen LogP contribution in [-0.4, -0.2) is 64.7 Å². The number of amides is 1. The van der Waals surface area contributed by atoms with Gasteiger partial charge < -0.3 is 5.11 Å². The van der Waals surface area contributed by atoms with Gasteiger partial charge in [-0.3, -0.25) is 9.69 Å². The monoisotopic (exact) mass is 448 g/mol. The highest BCUT2D eigenvalue weighted by molar-refractivity contribution is 8.02. The SMILES string of the molecule is Cc1ccc(SN=C2C(=O)N3C(C(=O)O)=C(CSc4nnnn4C)CSC23)cc1. The van der Waals surface area contributed by atoms with E-state index in [1.165, 1.54) is 45.1 Å². The van der Waals surface area contributed by atoms with Gasteiger partial charge in [-0.05, 0) is 35.1 Å². The number of hydrogen-bond donors (Lipinski definition) is 1. The van der Waals surface area contributed by atoms with Crippen molar-refractivity contribution in [2.75, 3.05) is 11.5 Å². The van der Waals surface area contributed by atoms with Crippen molar-refractivity contribution in [3.8, 4) is 0 Å². The molecule has 1 aromatic heterocycles. The first-order chi connectivity index (χ1) is 14.0. The van der Waals surface area contributed by atoms with Crippen LogP contribution >= 0.6 is 35.5 Å². The second-order valence-corrected chi connectivity index (χ2v) is 9.20. The molecule has 1 saturated heterocycles. The van der Waals surface area contributed by atoms with E-state index in [1.54, 1.807) is 7.05 Å². The highest BCUT2D eigenvalue weighted by Crippen LogP contribution is 2.41. The van der Waals surface area contributed by atoms with Crippen LogP contribution in [0, 0.1) is 6.92 Å². The smallest absolute Gasteiger partial charge is 0.352 e. The number of fused-ring (bicyclic) bond motifs is 1. The molecule has 2 aromatic rings. The fourth-order valence-electron chi connectivity index (χ4n) is 2.83.